The van der Waals surface area contributed by atoms with E-state index in [-0.39, 0.29) is 5.78 Å². The number of rotatable bonds is 5. The standard InChI is InChI=1S/C32H27ClN4OS/c1-21(2)23-17-19-24(20-18-23)30-26-13-7-8-14-27(26)32(36(34-30)25-11-5-4-6-12-25)37(35-31(39-32)22(3)38)29-16-10-9-15-28(29)33/h4-21H,1-3H3/t32-/m0/s1. The van der Waals surface area contributed by atoms with Crippen LogP contribution in [-0.2, 0) is 9.79 Å². The summed E-state index contributed by atoms with van der Waals surface area (Å²) in [5.74, 6) is 0.323. The summed E-state index contributed by atoms with van der Waals surface area (Å²) >= 11 is 8.15. The second kappa shape index (κ2) is 10.0. The van der Waals surface area contributed by atoms with E-state index in [0.717, 1.165) is 28.1 Å². The number of hydrazone groups is 2. The van der Waals surface area contributed by atoms with E-state index in [1.165, 1.54) is 17.3 Å². The first-order valence-electron chi connectivity index (χ1n) is 12.9. The molecule has 4 aromatic rings. The Morgan fingerprint density at radius 1 is 0.821 bits per heavy atom. The van der Waals surface area contributed by atoms with Crippen LogP contribution >= 0.6 is 23.4 Å². The molecule has 1 spiro atoms. The van der Waals surface area contributed by atoms with Gasteiger partial charge in [0.15, 0.2) is 10.8 Å². The maximum Gasteiger partial charge on any atom is 0.234 e. The van der Waals surface area contributed by atoms with Crippen LogP contribution in [0.5, 0.6) is 0 Å². The first kappa shape index (κ1) is 25.4. The van der Waals surface area contributed by atoms with Gasteiger partial charge in [0, 0.05) is 23.6 Å². The maximum atomic E-state index is 12.8. The lowest BCUT2D eigenvalue weighted by Crippen LogP contribution is -2.54. The van der Waals surface area contributed by atoms with Crippen LogP contribution in [0, 0.1) is 0 Å². The van der Waals surface area contributed by atoms with Crippen LogP contribution in [0.25, 0.3) is 0 Å². The molecule has 4 aromatic carbocycles. The minimum atomic E-state index is -1.02. The monoisotopic (exact) mass is 550 g/mol. The van der Waals surface area contributed by atoms with Gasteiger partial charge in [-0.05, 0) is 47.5 Å². The summed E-state index contributed by atoms with van der Waals surface area (Å²) < 4.78 is 0. The van der Waals surface area contributed by atoms with Crippen molar-refractivity contribution in [1.82, 2.24) is 0 Å². The molecule has 0 aromatic heterocycles. The van der Waals surface area contributed by atoms with E-state index >= 15 is 0 Å². The van der Waals surface area contributed by atoms with Gasteiger partial charge in [0.2, 0.25) is 4.99 Å². The fourth-order valence-electron chi connectivity index (χ4n) is 4.99. The molecular weight excluding hydrogens is 524 g/mol. The van der Waals surface area contributed by atoms with Crippen molar-refractivity contribution in [3.8, 4) is 0 Å². The van der Waals surface area contributed by atoms with Gasteiger partial charge in [-0.2, -0.15) is 10.2 Å². The normalized spacial score (nSPS) is 18.3. The number of para-hydroxylation sites is 2. The van der Waals surface area contributed by atoms with Crippen LogP contribution in [0.2, 0.25) is 5.02 Å². The smallest absolute Gasteiger partial charge is 0.234 e. The third-order valence-corrected chi connectivity index (χ3v) is 8.70. The summed E-state index contributed by atoms with van der Waals surface area (Å²) in [6.07, 6.45) is 0. The Morgan fingerprint density at radius 3 is 2.18 bits per heavy atom. The van der Waals surface area contributed by atoms with Gasteiger partial charge >= 0.3 is 0 Å². The molecule has 2 aliphatic heterocycles. The molecule has 7 heteroatoms. The Hall–Kier alpha value is -3.87. The number of carbonyl (C=O) groups is 1. The van der Waals surface area contributed by atoms with Crippen molar-refractivity contribution in [2.24, 2.45) is 10.2 Å². The van der Waals surface area contributed by atoms with Crippen LogP contribution < -0.4 is 10.0 Å². The Balaban J connectivity index is 1.64. The Morgan fingerprint density at radius 2 is 1.49 bits per heavy atom. The minimum absolute atomic E-state index is 0.113. The van der Waals surface area contributed by atoms with Crippen molar-refractivity contribution in [3.05, 3.63) is 130 Å². The SMILES string of the molecule is CC(=O)C1=NN(c2ccccc2Cl)[C@]2(S1)c1ccccc1C(c1ccc(C(C)C)cc1)=NN2c1ccccc1. The molecule has 0 unspecified atom stereocenters. The summed E-state index contributed by atoms with van der Waals surface area (Å²) in [5.41, 5.74) is 6.65. The summed E-state index contributed by atoms with van der Waals surface area (Å²) in [7, 11) is 0. The molecule has 5 nitrogen and oxygen atoms in total. The van der Waals surface area contributed by atoms with Crippen LogP contribution in [0.3, 0.4) is 0 Å². The van der Waals surface area contributed by atoms with Crippen molar-refractivity contribution in [3.63, 3.8) is 0 Å². The van der Waals surface area contributed by atoms with E-state index in [1.807, 2.05) is 76.7 Å². The summed E-state index contributed by atoms with van der Waals surface area (Å²) in [6.45, 7) is 5.93. The number of thioether (sulfide) groups is 1. The minimum Gasteiger partial charge on any atom is -0.292 e. The maximum absolute atomic E-state index is 12.8. The number of halogens is 1. The fraction of sp³-hybridized carbons (Fsp3) is 0.156. The molecule has 194 valence electrons. The molecule has 0 radical (unpaired) electrons. The van der Waals surface area contributed by atoms with Crippen LogP contribution in [0.1, 0.15) is 48.9 Å². The largest absolute Gasteiger partial charge is 0.292 e. The number of carbonyl (C=O) groups excluding carboxylic acids is 1. The van der Waals surface area contributed by atoms with E-state index in [2.05, 4.69) is 50.2 Å². The van der Waals surface area contributed by atoms with Gasteiger partial charge in [0.25, 0.3) is 0 Å². The fourth-order valence-corrected chi connectivity index (χ4v) is 6.49. The zero-order valence-corrected chi connectivity index (χ0v) is 23.4. The zero-order valence-electron chi connectivity index (χ0n) is 21.9. The molecule has 2 aliphatic rings. The average molecular weight is 551 g/mol. The van der Waals surface area contributed by atoms with Gasteiger partial charge in [-0.25, -0.2) is 10.0 Å². The molecule has 1 atom stereocenters. The van der Waals surface area contributed by atoms with Gasteiger partial charge in [0.1, 0.15) is 0 Å². The van der Waals surface area contributed by atoms with E-state index in [0.29, 0.717) is 21.7 Å². The average Bonchev–Trinajstić information content (AvgIpc) is 3.35. The lowest BCUT2D eigenvalue weighted by molar-refractivity contribution is -0.110. The first-order chi connectivity index (χ1) is 18.9. The number of hydrogen-bond donors (Lipinski definition) is 0. The molecule has 6 rings (SSSR count). The van der Waals surface area contributed by atoms with Crippen molar-refractivity contribution in [2.75, 3.05) is 10.0 Å². The number of hydrogen-bond acceptors (Lipinski definition) is 6. The number of anilines is 2. The van der Waals surface area contributed by atoms with Gasteiger partial charge in [-0.1, -0.05) is 104 Å². The number of benzene rings is 4. The van der Waals surface area contributed by atoms with E-state index in [9.17, 15) is 4.79 Å². The highest BCUT2D eigenvalue weighted by atomic mass is 35.5. The topological polar surface area (TPSA) is 48.3 Å². The number of ketones is 1. The van der Waals surface area contributed by atoms with Crippen LogP contribution in [-0.4, -0.2) is 16.5 Å². The predicted molar refractivity (Wildman–Crippen MR) is 163 cm³/mol. The van der Waals surface area contributed by atoms with E-state index < -0.39 is 4.99 Å². The van der Waals surface area contributed by atoms with Gasteiger partial charge in [0.05, 0.1) is 22.1 Å². The second-order valence-electron chi connectivity index (χ2n) is 9.85. The van der Waals surface area contributed by atoms with Crippen molar-refractivity contribution < 1.29 is 4.79 Å². The molecule has 0 aliphatic carbocycles. The molecule has 0 fully saturated rings. The van der Waals surface area contributed by atoms with E-state index in [1.54, 1.807) is 6.92 Å². The first-order valence-corrected chi connectivity index (χ1v) is 14.1. The second-order valence-corrected chi connectivity index (χ2v) is 11.4. The van der Waals surface area contributed by atoms with Crippen molar-refractivity contribution >= 4 is 51.3 Å². The van der Waals surface area contributed by atoms with Gasteiger partial charge in [-0.3, -0.25) is 4.79 Å². The van der Waals surface area contributed by atoms with Crippen LogP contribution in [0.15, 0.2) is 113 Å². The third kappa shape index (κ3) is 4.24. The molecule has 2 heterocycles. The predicted octanol–water partition coefficient (Wildman–Crippen LogP) is 8.00. The quantitative estimate of drug-likeness (QED) is 0.252. The highest BCUT2D eigenvalue weighted by molar-refractivity contribution is 8.17. The van der Waals surface area contributed by atoms with Gasteiger partial charge < -0.3 is 0 Å². The zero-order chi connectivity index (χ0) is 27.1. The number of fused-ring (bicyclic) bond motifs is 2. The summed E-state index contributed by atoms with van der Waals surface area (Å²) in [4.78, 5) is 11.8. The number of nitrogens with zero attached hydrogens (tertiary/aromatic N) is 4. The number of Topliss-reactive ketones (excluding diaryl/α,β-unsaturated/α-hetero) is 1. The highest BCUT2D eigenvalue weighted by Crippen LogP contribution is 2.55. The molecule has 0 amide bonds. The molecule has 0 saturated heterocycles. The Kier molecular flexibility index (Phi) is 6.53. The third-order valence-electron chi connectivity index (χ3n) is 6.97. The van der Waals surface area contributed by atoms with Gasteiger partial charge in [-0.15, -0.1) is 0 Å². The van der Waals surface area contributed by atoms with Crippen molar-refractivity contribution in [1.29, 1.82) is 0 Å². The lowest BCUT2D eigenvalue weighted by atomic mass is 9.92. The van der Waals surface area contributed by atoms with Crippen LogP contribution in [0.4, 0.5) is 11.4 Å². The van der Waals surface area contributed by atoms with Crippen molar-refractivity contribution in [2.45, 2.75) is 31.7 Å². The molecule has 39 heavy (non-hydrogen) atoms. The molecular formula is C32H27ClN4OS. The molecule has 0 saturated carbocycles. The summed E-state index contributed by atoms with van der Waals surface area (Å²) in [5, 5.41) is 15.0. The molecule has 0 N–H and O–H groups in total. The Bertz CT molecular complexity index is 1620. The Labute approximate surface area is 237 Å². The highest BCUT2D eigenvalue weighted by Gasteiger charge is 2.56. The lowest BCUT2D eigenvalue weighted by Gasteiger charge is -2.47. The summed E-state index contributed by atoms with van der Waals surface area (Å²) in [6, 6.07) is 34.4. The molecule has 0 bridgehead atoms. The van der Waals surface area contributed by atoms with E-state index in [4.69, 9.17) is 21.8 Å².